The second-order valence-corrected chi connectivity index (χ2v) is 7.48. The highest BCUT2D eigenvalue weighted by Gasteiger charge is 2.48. The third kappa shape index (κ3) is 3.22. The zero-order valence-electron chi connectivity index (χ0n) is 14.4. The molecule has 2 bridgehead atoms. The van der Waals surface area contributed by atoms with Crippen molar-refractivity contribution >= 4 is 5.97 Å². The molecule has 0 saturated heterocycles. The van der Waals surface area contributed by atoms with E-state index >= 15 is 0 Å². The predicted molar refractivity (Wildman–Crippen MR) is 93.6 cm³/mol. The van der Waals surface area contributed by atoms with Gasteiger partial charge in [-0.25, -0.2) is 4.79 Å². The van der Waals surface area contributed by atoms with Crippen LogP contribution in [0.15, 0.2) is 36.4 Å². The van der Waals surface area contributed by atoms with E-state index in [1.807, 2.05) is 19.1 Å². The lowest BCUT2D eigenvalue weighted by molar-refractivity contribution is -0.129. The summed E-state index contributed by atoms with van der Waals surface area (Å²) in [5.74, 6) is 0.332. The monoisotopic (exact) mass is 312 g/mol. The Bertz CT molecular complexity index is 558. The highest BCUT2D eigenvalue weighted by Crippen LogP contribution is 2.59. The summed E-state index contributed by atoms with van der Waals surface area (Å²) in [6.45, 7) is 4.13. The van der Waals surface area contributed by atoms with Crippen LogP contribution in [0.1, 0.15) is 70.8 Å². The summed E-state index contributed by atoms with van der Waals surface area (Å²) in [4.78, 5) is 11.5. The molecule has 3 aliphatic rings. The number of carbonyl (C=O) groups excluding carboxylic acids is 1. The number of hydrogen-bond acceptors (Lipinski definition) is 2. The molecule has 3 aliphatic carbocycles. The first-order valence-electron chi connectivity index (χ1n) is 9.07. The van der Waals surface area contributed by atoms with E-state index in [-0.39, 0.29) is 5.97 Å². The van der Waals surface area contributed by atoms with Crippen LogP contribution in [0.25, 0.3) is 0 Å². The largest absolute Gasteiger partial charge is 0.423 e. The van der Waals surface area contributed by atoms with Gasteiger partial charge in [0.1, 0.15) is 5.75 Å². The first-order valence-corrected chi connectivity index (χ1v) is 9.07. The summed E-state index contributed by atoms with van der Waals surface area (Å²) < 4.78 is 5.30. The maximum atomic E-state index is 11.5. The molecular formula is C21H28O2. The van der Waals surface area contributed by atoms with E-state index in [1.54, 1.807) is 6.08 Å². The lowest BCUT2D eigenvalue weighted by Crippen LogP contribution is -2.44. The Labute approximate surface area is 139 Å². The Kier molecular flexibility index (Phi) is 4.61. The van der Waals surface area contributed by atoms with Crippen molar-refractivity contribution in [1.82, 2.24) is 0 Å². The van der Waals surface area contributed by atoms with Crippen molar-refractivity contribution in [3.05, 3.63) is 42.0 Å². The number of esters is 1. The van der Waals surface area contributed by atoms with Crippen molar-refractivity contribution < 1.29 is 9.53 Å². The third-order valence-electron chi connectivity index (χ3n) is 6.17. The number of fused-ring (bicyclic) bond motifs is 3. The van der Waals surface area contributed by atoms with Gasteiger partial charge >= 0.3 is 5.97 Å². The molecule has 0 heterocycles. The molecule has 124 valence electrons. The molecule has 0 radical (unpaired) electrons. The van der Waals surface area contributed by atoms with Gasteiger partial charge in [0.2, 0.25) is 0 Å². The summed E-state index contributed by atoms with van der Waals surface area (Å²) in [5.41, 5.74) is 2.47. The molecule has 0 amide bonds. The van der Waals surface area contributed by atoms with Crippen molar-refractivity contribution in [2.45, 2.75) is 70.6 Å². The average molecular weight is 312 g/mol. The maximum absolute atomic E-state index is 11.5. The van der Waals surface area contributed by atoms with E-state index in [0.29, 0.717) is 16.6 Å². The molecule has 23 heavy (non-hydrogen) atoms. The molecule has 2 nitrogen and oxygen atoms in total. The summed E-state index contributed by atoms with van der Waals surface area (Å²) in [7, 11) is 0. The highest BCUT2D eigenvalue weighted by atomic mass is 16.5. The molecule has 0 aromatic heterocycles. The molecule has 0 N–H and O–H groups in total. The maximum Gasteiger partial charge on any atom is 0.335 e. The van der Waals surface area contributed by atoms with Crippen molar-refractivity contribution in [3.63, 3.8) is 0 Å². The number of ether oxygens (including phenoxy) is 1. The highest BCUT2D eigenvalue weighted by molar-refractivity contribution is 5.83. The Balaban J connectivity index is 1.70. The second-order valence-electron chi connectivity index (χ2n) is 7.48. The van der Waals surface area contributed by atoms with E-state index in [9.17, 15) is 4.79 Å². The van der Waals surface area contributed by atoms with Gasteiger partial charge in [-0.2, -0.15) is 0 Å². The zero-order chi connectivity index (χ0) is 16.3. The molecule has 3 fully saturated rings. The number of benzene rings is 1. The Morgan fingerprint density at radius 3 is 2.22 bits per heavy atom. The molecular weight excluding hydrogens is 284 g/mol. The minimum atomic E-state index is -0.307. The molecule has 0 atom stereocenters. The Morgan fingerprint density at radius 2 is 1.70 bits per heavy atom. The summed E-state index contributed by atoms with van der Waals surface area (Å²) in [5, 5.41) is 0. The van der Waals surface area contributed by atoms with E-state index in [4.69, 9.17) is 4.74 Å². The quantitative estimate of drug-likeness (QED) is 0.404. The third-order valence-corrected chi connectivity index (χ3v) is 6.17. The van der Waals surface area contributed by atoms with Crippen molar-refractivity contribution in [2.75, 3.05) is 0 Å². The normalized spacial score (nSPS) is 29.8. The van der Waals surface area contributed by atoms with Crippen LogP contribution in [0.2, 0.25) is 0 Å². The minimum Gasteiger partial charge on any atom is -0.423 e. The van der Waals surface area contributed by atoms with Gasteiger partial charge in [-0.3, -0.25) is 0 Å². The molecule has 1 aromatic rings. The fourth-order valence-corrected chi connectivity index (χ4v) is 4.76. The molecule has 1 aromatic carbocycles. The molecule has 3 saturated carbocycles. The topological polar surface area (TPSA) is 26.3 Å². The van der Waals surface area contributed by atoms with Crippen molar-refractivity contribution in [3.8, 4) is 5.75 Å². The number of hydrogen-bond donors (Lipinski definition) is 0. The second kappa shape index (κ2) is 6.51. The summed E-state index contributed by atoms with van der Waals surface area (Å²) >= 11 is 0. The van der Waals surface area contributed by atoms with Crippen LogP contribution in [0, 0.1) is 5.41 Å². The van der Waals surface area contributed by atoms with Gasteiger partial charge in [0.05, 0.1) is 0 Å². The molecule has 0 spiro atoms. The van der Waals surface area contributed by atoms with Crippen LogP contribution < -0.4 is 4.74 Å². The van der Waals surface area contributed by atoms with Crippen LogP contribution in [0.5, 0.6) is 5.75 Å². The van der Waals surface area contributed by atoms with Crippen LogP contribution in [-0.4, -0.2) is 5.97 Å². The van der Waals surface area contributed by atoms with Crippen molar-refractivity contribution in [2.24, 2.45) is 5.41 Å². The fraction of sp³-hybridized carbons (Fsp3) is 0.571. The van der Waals surface area contributed by atoms with Crippen molar-refractivity contribution in [1.29, 1.82) is 0 Å². The Morgan fingerprint density at radius 1 is 1.09 bits per heavy atom. The van der Waals surface area contributed by atoms with Gasteiger partial charge in [-0.05, 0) is 80.4 Å². The van der Waals surface area contributed by atoms with E-state index in [0.717, 1.165) is 0 Å². The Hall–Kier alpha value is -1.57. The van der Waals surface area contributed by atoms with Gasteiger partial charge in [-0.15, -0.1) is 0 Å². The standard InChI is InChI=1S/C21H28O2/c1-3-5-19(22)23-18-8-6-17(7-9-18)21-14-11-20(10-4-2,12-15-21)13-16-21/h3,5-9H,4,10-16H2,1-2H3/b5-3+. The molecule has 4 rings (SSSR count). The minimum absolute atomic E-state index is 0.307. The SMILES string of the molecule is C/C=C/C(=O)Oc1ccc(C23CCC(CCC)(CC2)CC3)cc1. The fourth-order valence-electron chi connectivity index (χ4n) is 4.76. The smallest absolute Gasteiger partial charge is 0.335 e. The zero-order valence-corrected chi connectivity index (χ0v) is 14.4. The average Bonchev–Trinajstić information content (AvgIpc) is 2.57. The van der Waals surface area contributed by atoms with E-state index in [1.165, 1.54) is 63.0 Å². The summed E-state index contributed by atoms with van der Waals surface area (Å²) in [6, 6.07) is 8.26. The first-order chi connectivity index (χ1) is 11.1. The van der Waals surface area contributed by atoms with Gasteiger partial charge < -0.3 is 4.74 Å². The predicted octanol–water partition coefficient (Wildman–Crippen LogP) is 5.56. The van der Waals surface area contributed by atoms with Crippen LogP contribution >= 0.6 is 0 Å². The van der Waals surface area contributed by atoms with Gasteiger partial charge in [0.15, 0.2) is 0 Å². The molecule has 2 heteroatoms. The van der Waals surface area contributed by atoms with Crippen LogP contribution in [-0.2, 0) is 10.2 Å². The first kappa shape index (κ1) is 16.3. The van der Waals surface area contributed by atoms with Crippen LogP contribution in [0.3, 0.4) is 0 Å². The van der Waals surface area contributed by atoms with E-state index < -0.39 is 0 Å². The van der Waals surface area contributed by atoms with Gasteiger partial charge in [0.25, 0.3) is 0 Å². The van der Waals surface area contributed by atoms with E-state index in [2.05, 4.69) is 19.1 Å². The van der Waals surface area contributed by atoms with Crippen LogP contribution in [0.4, 0.5) is 0 Å². The number of rotatable bonds is 5. The number of allylic oxidation sites excluding steroid dienone is 1. The van der Waals surface area contributed by atoms with Gasteiger partial charge in [0, 0.05) is 6.08 Å². The van der Waals surface area contributed by atoms with Gasteiger partial charge in [-0.1, -0.05) is 31.6 Å². The summed E-state index contributed by atoms with van der Waals surface area (Å²) in [6.07, 6.45) is 14.0. The number of carbonyl (C=O) groups is 1. The lowest BCUT2D eigenvalue weighted by atomic mass is 9.51. The molecule has 0 unspecified atom stereocenters. The molecule has 0 aliphatic heterocycles. The lowest BCUT2D eigenvalue weighted by Gasteiger charge is -2.54.